The summed E-state index contributed by atoms with van der Waals surface area (Å²) in [4.78, 5) is 1.90. The number of piperidine rings is 1. The lowest BCUT2D eigenvalue weighted by Crippen LogP contribution is -2.62. The van der Waals surface area contributed by atoms with Crippen LogP contribution in [0.1, 0.15) is 39.2 Å². The summed E-state index contributed by atoms with van der Waals surface area (Å²) in [7, 11) is -3.47. The zero-order chi connectivity index (χ0) is 23.1. The minimum Gasteiger partial charge on any atom is -0.389 e. The second-order valence-corrected chi connectivity index (χ2v) is 11.7. The molecule has 31 heavy (non-hydrogen) atoms. The molecule has 2 heterocycles. The highest BCUT2D eigenvalue weighted by Gasteiger charge is 2.48. The highest BCUT2D eigenvalue weighted by Crippen LogP contribution is 2.36. The minimum atomic E-state index is -4.24. The van der Waals surface area contributed by atoms with E-state index < -0.39 is 34.3 Å². The molecule has 0 aromatic heterocycles. The standard InChI is InChI=1S/C21H31F3N2O4S/c1-19(2,3)14-31(28,29)26-11-9-20(18(27)13-26)8-10-25(15-30-20)17-6-4-16(5-7-17)12-21(22,23)24/h4-7,18,27H,8-15H2,1-3H3. The van der Waals surface area contributed by atoms with E-state index in [1.165, 1.54) is 16.4 Å². The average molecular weight is 465 g/mol. The van der Waals surface area contributed by atoms with Crippen molar-refractivity contribution >= 4 is 15.7 Å². The maximum Gasteiger partial charge on any atom is 0.393 e. The molecule has 0 radical (unpaired) electrons. The molecule has 2 aliphatic heterocycles. The molecule has 0 saturated carbocycles. The average Bonchev–Trinajstić information content (AvgIpc) is 2.62. The minimum absolute atomic E-state index is 0.00452. The van der Waals surface area contributed by atoms with Crippen molar-refractivity contribution < 1.29 is 31.4 Å². The quantitative estimate of drug-likeness (QED) is 0.741. The molecule has 1 N–H and O–H groups in total. The molecule has 0 amide bonds. The fourth-order valence-electron chi connectivity index (χ4n) is 4.21. The van der Waals surface area contributed by atoms with E-state index >= 15 is 0 Å². The summed E-state index contributed by atoms with van der Waals surface area (Å²) in [5, 5.41) is 10.8. The lowest BCUT2D eigenvalue weighted by Gasteiger charge is -2.49. The van der Waals surface area contributed by atoms with Crippen LogP contribution >= 0.6 is 0 Å². The molecular weight excluding hydrogens is 433 g/mol. The molecule has 2 fully saturated rings. The molecule has 1 aromatic rings. The van der Waals surface area contributed by atoms with Crippen molar-refractivity contribution in [1.29, 1.82) is 0 Å². The number of halogens is 3. The Labute approximate surface area is 182 Å². The number of sulfonamides is 1. The van der Waals surface area contributed by atoms with Crippen molar-refractivity contribution in [3.63, 3.8) is 0 Å². The van der Waals surface area contributed by atoms with Gasteiger partial charge in [0.15, 0.2) is 0 Å². The smallest absolute Gasteiger partial charge is 0.389 e. The van der Waals surface area contributed by atoms with Crippen LogP contribution in [0.3, 0.4) is 0 Å². The maximum atomic E-state index is 12.7. The van der Waals surface area contributed by atoms with Gasteiger partial charge >= 0.3 is 6.18 Å². The van der Waals surface area contributed by atoms with Gasteiger partial charge in [-0.3, -0.25) is 0 Å². The van der Waals surface area contributed by atoms with E-state index in [9.17, 15) is 26.7 Å². The zero-order valence-corrected chi connectivity index (χ0v) is 19.0. The molecule has 3 rings (SSSR count). The van der Waals surface area contributed by atoms with Crippen LogP contribution in [0.15, 0.2) is 24.3 Å². The molecule has 2 aliphatic rings. The highest BCUT2D eigenvalue weighted by atomic mass is 32.2. The van der Waals surface area contributed by atoms with Gasteiger partial charge in [0.1, 0.15) is 12.3 Å². The molecule has 0 aliphatic carbocycles. The number of ether oxygens (including phenoxy) is 1. The zero-order valence-electron chi connectivity index (χ0n) is 18.2. The van der Waals surface area contributed by atoms with Crippen LogP contribution in [-0.4, -0.2) is 67.8 Å². The molecule has 6 nitrogen and oxygen atoms in total. The summed E-state index contributed by atoms with van der Waals surface area (Å²) in [6.45, 7) is 6.63. The number of aliphatic hydroxyl groups excluding tert-OH is 1. The van der Waals surface area contributed by atoms with E-state index in [0.717, 1.165) is 5.69 Å². The molecule has 2 atom stereocenters. The van der Waals surface area contributed by atoms with E-state index in [4.69, 9.17) is 4.74 Å². The van der Waals surface area contributed by atoms with Gasteiger partial charge < -0.3 is 14.7 Å². The Kier molecular flexibility index (Phi) is 6.68. The van der Waals surface area contributed by atoms with Crippen molar-refractivity contribution in [2.24, 2.45) is 5.41 Å². The summed E-state index contributed by atoms with van der Waals surface area (Å²) in [5.74, 6) is 0.0126. The predicted octanol–water partition coefficient (Wildman–Crippen LogP) is 3.16. The van der Waals surface area contributed by atoms with E-state index in [0.29, 0.717) is 25.9 Å². The highest BCUT2D eigenvalue weighted by molar-refractivity contribution is 7.89. The predicted molar refractivity (Wildman–Crippen MR) is 112 cm³/mol. The van der Waals surface area contributed by atoms with Gasteiger partial charge in [-0.1, -0.05) is 32.9 Å². The van der Waals surface area contributed by atoms with Gasteiger partial charge in [-0.15, -0.1) is 0 Å². The normalized spacial score (nSPS) is 26.4. The third kappa shape index (κ3) is 6.12. The second kappa shape index (κ2) is 8.53. The van der Waals surface area contributed by atoms with Gasteiger partial charge in [0, 0.05) is 25.3 Å². The Morgan fingerprint density at radius 1 is 1.13 bits per heavy atom. The Balaban J connectivity index is 1.59. The molecule has 2 unspecified atom stereocenters. The molecule has 1 spiro atoms. The first kappa shape index (κ1) is 24.3. The third-order valence-corrected chi connectivity index (χ3v) is 8.15. The number of alkyl halides is 3. The summed E-state index contributed by atoms with van der Waals surface area (Å²) >= 11 is 0. The van der Waals surface area contributed by atoms with Gasteiger partial charge in [-0.05, 0) is 36.0 Å². The maximum absolute atomic E-state index is 12.7. The molecule has 0 bridgehead atoms. The van der Waals surface area contributed by atoms with E-state index in [1.807, 2.05) is 25.7 Å². The van der Waals surface area contributed by atoms with Crippen LogP contribution in [0.25, 0.3) is 0 Å². The Bertz CT molecular complexity index is 858. The number of anilines is 1. The number of aliphatic hydroxyl groups is 1. The number of hydrogen-bond donors (Lipinski definition) is 1. The van der Waals surface area contributed by atoms with E-state index in [1.54, 1.807) is 12.1 Å². The summed E-state index contributed by atoms with van der Waals surface area (Å²) in [5.41, 5.74) is -0.234. The van der Waals surface area contributed by atoms with Crippen LogP contribution in [0.2, 0.25) is 0 Å². The van der Waals surface area contributed by atoms with E-state index in [2.05, 4.69) is 0 Å². The monoisotopic (exact) mass is 464 g/mol. The van der Waals surface area contributed by atoms with Crippen molar-refractivity contribution in [3.8, 4) is 0 Å². The van der Waals surface area contributed by atoms with Gasteiger partial charge in [0.05, 0.1) is 18.3 Å². The number of β-amino-alcohol motifs (C(OH)–C–C–N with tert-alkyl or cyclic N) is 1. The Morgan fingerprint density at radius 2 is 1.74 bits per heavy atom. The van der Waals surface area contributed by atoms with Gasteiger partial charge in [0.2, 0.25) is 10.0 Å². The number of benzene rings is 1. The van der Waals surface area contributed by atoms with Crippen LogP contribution in [0.5, 0.6) is 0 Å². The molecule has 2 saturated heterocycles. The summed E-state index contributed by atoms with van der Waals surface area (Å²) < 4.78 is 70.3. The number of hydrogen-bond acceptors (Lipinski definition) is 5. The lowest BCUT2D eigenvalue weighted by molar-refractivity contribution is -0.163. The summed E-state index contributed by atoms with van der Waals surface area (Å²) in [6, 6.07) is 6.20. The Morgan fingerprint density at radius 3 is 2.23 bits per heavy atom. The van der Waals surface area contributed by atoms with Gasteiger partial charge in [-0.25, -0.2) is 8.42 Å². The Hall–Kier alpha value is -1.36. The van der Waals surface area contributed by atoms with Crippen LogP contribution in [0, 0.1) is 5.41 Å². The van der Waals surface area contributed by atoms with Crippen LogP contribution in [0.4, 0.5) is 18.9 Å². The van der Waals surface area contributed by atoms with Crippen molar-refractivity contribution in [1.82, 2.24) is 4.31 Å². The topological polar surface area (TPSA) is 70.1 Å². The first-order valence-electron chi connectivity index (χ1n) is 10.4. The third-order valence-electron chi connectivity index (χ3n) is 5.80. The molecule has 176 valence electrons. The van der Waals surface area contributed by atoms with Gasteiger partial charge in [0.25, 0.3) is 0 Å². The lowest BCUT2D eigenvalue weighted by atomic mass is 9.85. The fraction of sp³-hybridized carbons (Fsp3) is 0.714. The first-order valence-corrected chi connectivity index (χ1v) is 12.0. The largest absolute Gasteiger partial charge is 0.393 e. The number of nitrogens with zero attached hydrogens (tertiary/aromatic N) is 2. The molecular formula is C21H31F3N2O4S. The van der Waals surface area contributed by atoms with Crippen molar-refractivity contribution in [3.05, 3.63) is 29.8 Å². The SMILES string of the molecule is CC(C)(C)CS(=O)(=O)N1CCC2(CCN(c3ccc(CC(F)(F)F)cc3)CO2)C(O)C1. The van der Waals surface area contributed by atoms with Crippen LogP contribution in [-0.2, 0) is 21.2 Å². The molecule has 1 aromatic carbocycles. The van der Waals surface area contributed by atoms with Gasteiger partial charge in [-0.2, -0.15) is 17.5 Å². The first-order chi connectivity index (χ1) is 14.2. The van der Waals surface area contributed by atoms with E-state index in [-0.39, 0.29) is 30.0 Å². The number of rotatable bonds is 4. The summed E-state index contributed by atoms with van der Waals surface area (Å²) in [6.07, 6.45) is -5.24. The van der Waals surface area contributed by atoms with Crippen LogP contribution < -0.4 is 4.90 Å². The van der Waals surface area contributed by atoms with Crippen molar-refractivity contribution in [2.75, 3.05) is 37.0 Å². The fourth-order valence-corrected chi connectivity index (χ4v) is 6.22. The molecule has 10 heteroatoms. The van der Waals surface area contributed by atoms with Crippen molar-refractivity contribution in [2.45, 2.75) is 57.9 Å². The second-order valence-electron chi connectivity index (χ2n) is 9.75.